The van der Waals surface area contributed by atoms with Crippen LogP contribution in [0.5, 0.6) is 0 Å². The van der Waals surface area contributed by atoms with Gasteiger partial charge in [-0.2, -0.15) is 0 Å². The number of morpholine rings is 1. The Bertz CT molecular complexity index is 369. The first-order valence-corrected chi connectivity index (χ1v) is 7.00. The van der Waals surface area contributed by atoms with Crippen LogP contribution in [0.25, 0.3) is 0 Å². The van der Waals surface area contributed by atoms with Crippen LogP contribution in [0.3, 0.4) is 0 Å². The van der Waals surface area contributed by atoms with Crippen LogP contribution in [-0.4, -0.2) is 34.3 Å². The van der Waals surface area contributed by atoms with Crippen LogP contribution in [0.4, 0.5) is 0 Å². The Morgan fingerprint density at radius 3 is 3.07 bits per heavy atom. The molecule has 0 saturated carbocycles. The van der Waals surface area contributed by atoms with Crippen molar-refractivity contribution in [2.75, 3.05) is 19.8 Å². The summed E-state index contributed by atoms with van der Waals surface area (Å²) in [5, 5.41) is 0. The number of hydrogen-bond acceptors (Lipinski definition) is 3. The molecule has 0 spiro atoms. The first-order valence-electron chi connectivity index (χ1n) is 4.70. The Labute approximate surface area is 101 Å². The minimum atomic E-state index is -1.09. The lowest BCUT2D eigenvalue weighted by Gasteiger charge is -2.31. The van der Waals surface area contributed by atoms with Crippen LogP contribution in [0.1, 0.15) is 6.92 Å². The topological polar surface area (TPSA) is 29.5 Å². The van der Waals surface area contributed by atoms with Gasteiger partial charge >= 0.3 is 0 Å². The van der Waals surface area contributed by atoms with Gasteiger partial charge in [0.05, 0.1) is 17.6 Å². The van der Waals surface area contributed by atoms with Crippen molar-refractivity contribution in [1.29, 1.82) is 0 Å². The average molecular weight is 266 g/mol. The molecule has 2 heterocycles. The molecule has 0 amide bonds. The molecule has 3 nitrogen and oxygen atoms in total. The van der Waals surface area contributed by atoms with Gasteiger partial charge in [-0.05, 0) is 19.1 Å². The van der Waals surface area contributed by atoms with Gasteiger partial charge in [-0.25, -0.2) is 8.51 Å². The lowest BCUT2D eigenvalue weighted by atomic mass is 10.3. The molecule has 1 aliphatic rings. The van der Waals surface area contributed by atoms with E-state index in [4.69, 9.17) is 16.3 Å². The minimum absolute atomic E-state index is 0.195. The van der Waals surface area contributed by atoms with Crippen molar-refractivity contribution in [3.63, 3.8) is 0 Å². The van der Waals surface area contributed by atoms with Crippen molar-refractivity contribution in [3.05, 3.63) is 16.5 Å². The summed E-state index contributed by atoms with van der Waals surface area (Å²) < 4.78 is 20.9. The second kappa shape index (κ2) is 4.93. The molecule has 84 valence electrons. The highest BCUT2D eigenvalue weighted by atomic mass is 35.5. The molecule has 2 rings (SSSR count). The number of halogens is 1. The molecule has 1 saturated heterocycles. The van der Waals surface area contributed by atoms with E-state index in [0.29, 0.717) is 24.1 Å². The van der Waals surface area contributed by atoms with Crippen LogP contribution >= 0.6 is 22.9 Å². The molecule has 1 aromatic rings. The van der Waals surface area contributed by atoms with E-state index in [2.05, 4.69) is 0 Å². The predicted molar refractivity (Wildman–Crippen MR) is 62.7 cm³/mol. The number of hydrogen-bond donors (Lipinski definition) is 0. The number of nitrogens with zero attached hydrogens (tertiary/aromatic N) is 1. The Hall–Kier alpha value is 0.0600. The molecule has 2 atom stereocenters. The molecule has 0 radical (unpaired) electrons. The molecular weight excluding hydrogens is 254 g/mol. The Balaban J connectivity index is 2.13. The predicted octanol–water partition coefficient (Wildman–Crippen LogP) is 2.14. The summed E-state index contributed by atoms with van der Waals surface area (Å²) in [6.07, 6.45) is 0. The lowest BCUT2D eigenvalue weighted by molar-refractivity contribution is 0.0417. The summed E-state index contributed by atoms with van der Waals surface area (Å²) in [6, 6.07) is 3.80. The monoisotopic (exact) mass is 265 g/mol. The van der Waals surface area contributed by atoms with E-state index in [1.165, 1.54) is 11.3 Å². The summed E-state index contributed by atoms with van der Waals surface area (Å²) in [6.45, 7) is 4.02. The Morgan fingerprint density at radius 1 is 1.67 bits per heavy atom. The lowest BCUT2D eigenvalue weighted by Crippen LogP contribution is -2.44. The third kappa shape index (κ3) is 2.60. The van der Waals surface area contributed by atoms with E-state index in [9.17, 15) is 4.21 Å². The molecule has 6 heteroatoms. The summed E-state index contributed by atoms with van der Waals surface area (Å²) >= 11 is 7.19. The normalized spacial score (nSPS) is 25.3. The number of ether oxygens (including phenoxy) is 1. The zero-order valence-electron chi connectivity index (χ0n) is 8.31. The SMILES string of the molecule is CC1COCCN1S(=O)c1ccc(Cl)s1. The second-order valence-electron chi connectivity index (χ2n) is 3.37. The van der Waals surface area contributed by atoms with Crippen molar-refractivity contribution in [3.8, 4) is 0 Å². The van der Waals surface area contributed by atoms with E-state index >= 15 is 0 Å². The van der Waals surface area contributed by atoms with Crippen LogP contribution in [0.15, 0.2) is 16.3 Å². The second-order valence-corrected chi connectivity index (χ2v) is 6.75. The van der Waals surface area contributed by atoms with Crippen LogP contribution < -0.4 is 0 Å². The third-order valence-electron chi connectivity index (χ3n) is 2.24. The highest BCUT2D eigenvalue weighted by Crippen LogP contribution is 2.27. The highest BCUT2D eigenvalue weighted by Gasteiger charge is 2.25. The van der Waals surface area contributed by atoms with Gasteiger partial charge in [0.25, 0.3) is 0 Å². The van der Waals surface area contributed by atoms with Gasteiger partial charge in [0.15, 0.2) is 0 Å². The molecule has 0 bridgehead atoms. The van der Waals surface area contributed by atoms with E-state index in [-0.39, 0.29) is 6.04 Å². The third-order valence-corrected chi connectivity index (χ3v) is 5.39. The average Bonchev–Trinajstić information content (AvgIpc) is 2.65. The smallest absolute Gasteiger partial charge is 0.138 e. The van der Waals surface area contributed by atoms with Crippen molar-refractivity contribution < 1.29 is 8.95 Å². The zero-order chi connectivity index (χ0) is 10.8. The minimum Gasteiger partial charge on any atom is -0.378 e. The maximum atomic E-state index is 12.2. The molecule has 0 aromatic carbocycles. The maximum Gasteiger partial charge on any atom is 0.138 e. The molecule has 2 unspecified atom stereocenters. The summed E-state index contributed by atoms with van der Waals surface area (Å²) in [5.41, 5.74) is 0. The quantitative estimate of drug-likeness (QED) is 0.820. The van der Waals surface area contributed by atoms with Crippen LogP contribution in [-0.2, 0) is 15.7 Å². The summed E-state index contributed by atoms with van der Waals surface area (Å²) in [4.78, 5) is 0. The molecule has 1 aromatic heterocycles. The van der Waals surface area contributed by atoms with E-state index < -0.39 is 11.0 Å². The van der Waals surface area contributed by atoms with Crippen molar-refractivity contribution in [1.82, 2.24) is 4.31 Å². The van der Waals surface area contributed by atoms with Crippen LogP contribution in [0.2, 0.25) is 4.34 Å². The van der Waals surface area contributed by atoms with Gasteiger partial charge in [0.1, 0.15) is 15.2 Å². The van der Waals surface area contributed by atoms with Gasteiger partial charge in [0.2, 0.25) is 0 Å². The number of rotatable bonds is 2. The summed E-state index contributed by atoms with van der Waals surface area (Å²) in [7, 11) is -1.09. The van der Waals surface area contributed by atoms with Crippen molar-refractivity contribution in [2.24, 2.45) is 0 Å². The summed E-state index contributed by atoms with van der Waals surface area (Å²) in [5.74, 6) is 0. The number of thiophene rings is 1. The molecule has 0 N–H and O–H groups in total. The van der Waals surface area contributed by atoms with Crippen molar-refractivity contribution in [2.45, 2.75) is 17.2 Å². The van der Waals surface area contributed by atoms with Gasteiger partial charge in [0, 0.05) is 12.6 Å². The van der Waals surface area contributed by atoms with E-state index in [1.807, 2.05) is 17.3 Å². The first kappa shape index (κ1) is 11.5. The van der Waals surface area contributed by atoms with Gasteiger partial charge < -0.3 is 4.74 Å². The fraction of sp³-hybridized carbons (Fsp3) is 0.556. The first-order chi connectivity index (χ1) is 7.18. The largest absolute Gasteiger partial charge is 0.378 e. The van der Waals surface area contributed by atoms with E-state index in [0.717, 1.165) is 4.21 Å². The molecule has 1 fully saturated rings. The fourth-order valence-corrected chi connectivity index (χ4v) is 4.26. The molecule has 1 aliphatic heterocycles. The van der Waals surface area contributed by atoms with Gasteiger partial charge in [-0.15, -0.1) is 11.3 Å². The van der Waals surface area contributed by atoms with Gasteiger partial charge in [-0.3, -0.25) is 0 Å². The molecule has 0 aliphatic carbocycles. The zero-order valence-corrected chi connectivity index (χ0v) is 10.7. The standard InChI is InChI=1S/C9H12ClNO2S2/c1-7-6-13-5-4-11(7)15(12)9-3-2-8(10)14-9/h2-3,7H,4-6H2,1H3. The molecular formula is C9H12ClNO2S2. The highest BCUT2D eigenvalue weighted by molar-refractivity contribution is 7.85. The Kier molecular flexibility index (Phi) is 3.79. The van der Waals surface area contributed by atoms with E-state index in [1.54, 1.807) is 6.07 Å². The van der Waals surface area contributed by atoms with Crippen LogP contribution in [0, 0.1) is 0 Å². The molecule has 15 heavy (non-hydrogen) atoms. The fourth-order valence-electron chi connectivity index (χ4n) is 1.47. The van der Waals surface area contributed by atoms with Crippen molar-refractivity contribution >= 4 is 33.9 Å². The van der Waals surface area contributed by atoms with Gasteiger partial charge in [-0.1, -0.05) is 11.6 Å². The Morgan fingerprint density at radius 2 is 2.47 bits per heavy atom. The maximum absolute atomic E-state index is 12.2.